The maximum absolute atomic E-state index is 13.3. The molecule has 2 rings (SSSR count). The van der Waals surface area contributed by atoms with Crippen LogP contribution in [0.25, 0.3) is 0 Å². The molecule has 0 bridgehead atoms. The molecule has 0 aliphatic rings. The summed E-state index contributed by atoms with van der Waals surface area (Å²) < 4.78 is 32.6. The van der Waals surface area contributed by atoms with E-state index in [4.69, 9.17) is 10.5 Å². The van der Waals surface area contributed by atoms with E-state index < -0.39 is 16.0 Å². The lowest BCUT2D eigenvalue weighted by Crippen LogP contribution is -2.33. The SMILES string of the molecule is COC(=O)c1ccc(C)c(S(=O)(=O)N(CCCN)Cc2ccccc2)c1.Cl. The van der Waals surface area contributed by atoms with Crippen LogP contribution < -0.4 is 5.73 Å². The Bertz CT molecular complexity index is 857. The molecule has 8 heteroatoms. The third kappa shape index (κ3) is 5.77. The number of ether oxygens (including phenoxy) is 1. The Labute approximate surface area is 166 Å². The van der Waals surface area contributed by atoms with Crippen molar-refractivity contribution in [1.29, 1.82) is 0 Å². The molecule has 0 aliphatic heterocycles. The fraction of sp³-hybridized carbons (Fsp3) is 0.316. The fourth-order valence-corrected chi connectivity index (χ4v) is 4.32. The normalized spacial score (nSPS) is 11.1. The van der Waals surface area contributed by atoms with Gasteiger partial charge in [0.05, 0.1) is 17.6 Å². The van der Waals surface area contributed by atoms with Gasteiger partial charge in [0, 0.05) is 13.1 Å². The number of rotatable bonds is 8. The van der Waals surface area contributed by atoms with Crippen LogP contribution in [-0.4, -0.2) is 38.9 Å². The third-order valence-electron chi connectivity index (χ3n) is 4.04. The van der Waals surface area contributed by atoms with Crippen LogP contribution in [0.1, 0.15) is 27.9 Å². The molecule has 2 aromatic rings. The van der Waals surface area contributed by atoms with Gasteiger partial charge in [-0.05, 0) is 43.1 Å². The summed E-state index contributed by atoms with van der Waals surface area (Å²) in [6, 6.07) is 13.9. The lowest BCUT2D eigenvalue weighted by molar-refractivity contribution is 0.0600. The van der Waals surface area contributed by atoms with E-state index in [1.165, 1.54) is 17.5 Å². The summed E-state index contributed by atoms with van der Waals surface area (Å²) in [6.07, 6.45) is 0.543. The third-order valence-corrected chi connectivity index (χ3v) is 6.03. The molecule has 2 N–H and O–H groups in total. The van der Waals surface area contributed by atoms with Crippen LogP contribution in [0.5, 0.6) is 0 Å². The van der Waals surface area contributed by atoms with Crippen molar-refractivity contribution in [2.45, 2.75) is 24.8 Å². The standard InChI is InChI=1S/C19H24N2O4S.ClH/c1-15-9-10-17(19(22)25-2)13-18(15)26(23,24)21(12-6-11-20)14-16-7-4-3-5-8-16;/h3-5,7-10,13H,6,11-12,14,20H2,1-2H3;1H. The predicted molar refractivity (Wildman–Crippen MR) is 107 cm³/mol. The predicted octanol–water partition coefficient (Wildman–Crippen LogP) is 2.74. The number of hydrogen-bond donors (Lipinski definition) is 1. The summed E-state index contributed by atoms with van der Waals surface area (Å²) in [4.78, 5) is 11.9. The lowest BCUT2D eigenvalue weighted by atomic mass is 10.1. The number of carbonyl (C=O) groups excluding carboxylic acids is 1. The summed E-state index contributed by atoms with van der Waals surface area (Å²) in [5, 5.41) is 0. The van der Waals surface area contributed by atoms with Gasteiger partial charge < -0.3 is 10.5 Å². The molecule has 0 radical (unpaired) electrons. The van der Waals surface area contributed by atoms with Crippen molar-refractivity contribution in [2.75, 3.05) is 20.2 Å². The molecule has 0 aromatic heterocycles. The average Bonchev–Trinajstić information content (AvgIpc) is 2.65. The minimum absolute atomic E-state index is 0. The first-order valence-corrected chi connectivity index (χ1v) is 9.77. The van der Waals surface area contributed by atoms with Gasteiger partial charge in [-0.2, -0.15) is 4.31 Å². The zero-order valence-electron chi connectivity index (χ0n) is 15.4. The number of nitrogens with zero attached hydrogens (tertiary/aromatic N) is 1. The van der Waals surface area contributed by atoms with Crippen LogP contribution in [-0.2, 0) is 21.3 Å². The smallest absolute Gasteiger partial charge is 0.337 e. The zero-order chi connectivity index (χ0) is 19.2. The highest BCUT2D eigenvalue weighted by Crippen LogP contribution is 2.23. The van der Waals surface area contributed by atoms with Gasteiger partial charge in [-0.3, -0.25) is 0 Å². The number of halogens is 1. The summed E-state index contributed by atoms with van der Waals surface area (Å²) in [6.45, 7) is 2.64. The van der Waals surface area contributed by atoms with Gasteiger partial charge in [-0.15, -0.1) is 12.4 Å². The van der Waals surface area contributed by atoms with Gasteiger partial charge >= 0.3 is 5.97 Å². The second kappa shape index (κ2) is 10.4. The molecule has 148 valence electrons. The second-order valence-corrected chi connectivity index (χ2v) is 7.84. The van der Waals surface area contributed by atoms with Crippen molar-refractivity contribution in [1.82, 2.24) is 4.31 Å². The summed E-state index contributed by atoms with van der Waals surface area (Å²) >= 11 is 0. The van der Waals surface area contributed by atoms with Crippen LogP contribution in [0.15, 0.2) is 53.4 Å². The summed E-state index contributed by atoms with van der Waals surface area (Å²) in [5.41, 5.74) is 7.24. The number of nitrogens with two attached hydrogens (primary N) is 1. The highest BCUT2D eigenvalue weighted by atomic mass is 35.5. The maximum Gasteiger partial charge on any atom is 0.337 e. The lowest BCUT2D eigenvalue weighted by Gasteiger charge is -2.23. The van der Waals surface area contributed by atoms with Crippen LogP contribution in [0.3, 0.4) is 0 Å². The molecular formula is C19H25ClN2O4S. The number of methoxy groups -OCH3 is 1. The second-order valence-electron chi connectivity index (χ2n) is 5.94. The topological polar surface area (TPSA) is 89.7 Å². The quantitative estimate of drug-likeness (QED) is 0.673. The number of sulfonamides is 1. The molecule has 0 saturated heterocycles. The first kappa shape index (κ1) is 23.1. The van der Waals surface area contributed by atoms with Crippen LogP contribution >= 0.6 is 12.4 Å². The first-order valence-electron chi connectivity index (χ1n) is 8.33. The minimum Gasteiger partial charge on any atom is -0.465 e. The molecule has 6 nitrogen and oxygen atoms in total. The van der Waals surface area contributed by atoms with E-state index >= 15 is 0 Å². The number of benzene rings is 2. The zero-order valence-corrected chi connectivity index (χ0v) is 17.1. The molecule has 0 aliphatic carbocycles. The largest absolute Gasteiger partial charge is 0.465 e. The van der Waals surface area contributed by atoms with Gasteiger partial charge in [0.2, 0.25) is 10.0 Å². The molecule has 0 spiro atoms. The molecule has 0 atom stereocenters. The van der Waals surface area contributed by atoms with Crippen LogP contribution in [0.2, 0.25) is 0 Å². The Kier molecular flexibility index (Phi) is 8.92. The molecule has 27 heavy (non-hydrogen) atoms. The van der Waals surface area contributed by atoms with E-state index in [1.54, 1.807) is 19.1 Å². The molecular weight excluding hydrogens is 388 g/mol. The van der Waals surface area contributed by atoms with Gasteiger partial charge in [0.1, 0.15) is 0 Å². The first-order chi connectivity index (χ1) is 12.4. The summed E-state index contributed by atoms with van der Waals surface area (Å²) in [5.74, 6) is -0.571. The van der Waals surface area contributed by atoms with Crippen LogP contribution in [0, 0.1) is 6.92 Å². The van der Waals surface area contributed by atoms with E-state index in [0.717, 1.165) is 5.56 Å². The number of carbonyl (C=O) groups is 1. The highest BCUT2D eigenvalue weighted by molar-refractivity contribution is 7.89. The van der Waals surface area contributed by atoms with Crippen molar-refractivity contribution in [3.05, 3.63) is 65.2 Å². The molecule has 2 aromatic carbocycles. The monoisotopic (exact) mass is 412 g/mol. The van der Waals surface area contributed by atoms with Gasteiger partial charge in [0.25, 0.3) is 0 Å². The van der Waals surface area contributed by atoms with Crippen molar-refractivity contribution in [2.24, 2.45) is 5.73 Å². The van der Waals surface area contributed by atoms with Gasteiger partial charge in [0.15, 0.2) is 0 Å². The van der Waals surface area contributed by atoms with Gasteiger partial charge in [-0.25, -0.2) is 13.2 Å². The van der Waals surface area contributed by atoms with E-state index in [0.29, 0.717) is 25.1 Å². The Balaban J connectivity index is 0.00000364. The Morgan fingerprint density at radius 2 is 1.81 bits per heavy atom. The van der Waals surface area contributed by atoms with E-state index in [-0.39, 0.29) is 29.4 Å². The van der Waals surface area contributed by atoms with Crippen molar-refractivity contribution >= 4 is 28.4 Å². The van der Waals surface area contributed by atoms with Gasteiger partial charge in [-0.1, -0.05) is 36.4 Å². The van der Waals surface area contributed by atoms with E-state index in [1.807, 2.05) is 30.3 Å². The Hall–Kier alpha value is -1.93. The van der Waals surface area contributed by atoms with Crippen molar-refractivity contribution in [3.8, 4) is 0 Å². The summed E-state index contributed by atoms with van der Waals surface area (Å²) in [7, 11) is -2.53. The molecule has 0 amide bonds. The highest BCUT2D eigenvalue weighted by Gasteiger charge is 2.27. The number of aryl methyl sites for hydroxylation is 1. The molecule has 0 fully saturated rings. The Morgan fingerprint density at radius 1 is 1.15 bits per heavy atom. The fourth-order valence-electron chi connectivity index (χ4n) is 2.60. The number of esters is 1. The maximum atomic E-state index is 13.3. The molecule has 0 heterocycles. The van der Waals surface area contributed by atoms with Crippen molar-refractivity contribution in [3.63, 3.8) is 0 Å². The van der Waals surface area contributed by atoms with E-state index in [9.17, 15) is 13.2 Å². The average molecular weight is 413 g/mol. The minimum atomic E-state index is -3.80. The van der Waals surface area contributed by atoms with E-state index in [2.05, 4.69) is 0 Å². The van der Waals surface area contributed by atoms with Crippen LogP contribution in [0.4, 0.5) is 0 Å². The molecule has 0 saturated carbocycles. The van der Waals surface area contributed by atoms with Crippen molar-refractivity contribution < 1.29 is 17.9 Å². The number of hydrogen-bond acceptors (Lipinski definition) is 5. The Morgan fingerprint density at radius 3 is 2.41 bits per heavy atom. The molecule has 0 unspecified atom stereocenters.